The van der Waals surface area contributed by atoms with Gasteiger partial charge in [-0.3, -0.25) is 4.79 Å². The van der Waals surface area contributed by atoms with Crippen LogP contribution in [-0.4, -0.2) is 48.1 Å². The highest BCUT2D eigenvalue weighted by Crippen LogP contribution is 2.17. The lowest BCUT2D eigenvalue weighted by Crippen LogP contribution is -2.38. The highest BCUT2D eigenvalue weighted by atomic mass is 35.5. The number of rotatable bonds is 7. The van der Waals surface area contributed by atoms with Gasteiger partial charge >= 0.3 is 0 Å². The third-order valence-corrected chi connectivity index (χ3v) is 4.83. The average Bonchev–Trinajstić information content (AvgIpc) is 2.68. The molecule has 1 atom stereocenters. The van der Waals surface area contributed by atoms with Crippen LogP contribution in [0.25, 0.3) is 0 Å². The van der Waals surface area contributed by atoms with Gasteiger partial charge in [-0.1, -0.05) is 18.0 Å². The largest absolute Gasteiger partial charge is 0.491 e. The van der Waals surface area contributed by atoms with Crippen LogP contribution in [-0.2, 0) is 0 Å². The SMILES string of the molecule is O=C(c1ccc(Cl)cc1)c1ccc(OCC(O)CN2CCCCC2)cc1. The molecule has 0 saturated carbocycles. The van der Waals surface area contributed by atoms with Gasteiger partial charge in [0.25, 0.3) is 0 Å². The van der Waals surface area contributed by atoms with Gasteiger partial charge in [-0.2, -0.15) is 0 Å². The summed E-state index contributed by atoms with van der Waals surface area (Å²) < 4.78 is 5.66. The molecule has 1 saturated heterocycles. The van der Waals surface area contributed by atoms with Gasteiger partial charge < -0.3 is 14.7 Å². The molecule has 4 nitrogen and oxygen atoms in total. The molecule has 0 aliphatic carbocycles. The number of benzene rings is 2. The summed E-state index contributed by atoms with van der Waals surface area (Å²) in [5, 5.41) is 10.8. The monoisotopic (exact) mass is 373 g/mol. The number of halogens is 1. The van der Waals surface area contributed by atoms with Gasteiger partial charge in [0.15, 0.2) is 5.78 Å². The summed E-state index contributed by atoms with van der Waals surface area (Å²) in [5.41, 5.74) is 1.19. The normalized spacial score (nSPS) is 16.2. The zero-order chi connectivity index (χ0) is 18.4. The van der Waals surface area contributed by atoms with Crippen molar-refractivity contribution in [2.75, 3.05) is 26.2 Å². The highest BCUT2D eigenvalue weighted by molar-refractivity contribution is 6.30. The van der Waals surface area contributed by atoms with E-state index < -0.39 is 6.10 Å². The predicted octanol–water partition coefficient (Wildman–Crippen LogP) is 3.80. The summed E-state index contributed by atoms with van der Waals surface area (Å²) in [6, 6.07) is 13.8. The minimum atomic E-state index is -0.511. The second kappa shape index (κ2) is 9.17. The summed E-state index contributed by atoms with van der Waals surface area (Å²) in [4.78, 5) is 14.7. The van der Waals surface area contributed by atoms with Gasteiger partial charge in [0, 0.05) is 22.7 Å². The summed E-state index contributed by atoms with van der Waals surface area (Å²) in [7, 11) is 0. The maximum atomic E-state index is 12.4. The number of carbonyl (C=O) groups is 1. The quantitative estimate of drug-likeness (QED) is 0.750. The van der Waals surface area contributed by atoms with E-state index in [9.17, 15) is 9.90 Å². The molecule has 2 aromatic carbocycles. The minimum Gasteiger partial charge on any atom is -0.491 e. The number of β-amino-alcohol motifs (C(OH)–C–C–N with tert-alkyl or cyclic N) is 1. The predicted molar refractivity (Wildman–Crippen MR) is 103 cm³/mol. The second-order valence-corrected chi connectivity index (χ2v) is 7.12. The zero-order valence-corrected chi connectivity index (χ0v) is 15.5. The Hall–Kier alpha value is -1.88. The fourth-order valence-electron chi connectivity index (χ4n) is 3.16. The number of likely N-dealkylation sites (tertiary alicyclic amines) is 1. The van der Waals surface area contributed by atoms with Gasteiger partial charge in [0.05, 0.1) is 0 Å². The number of hydrogen-bond acceptors (Lipinski definition) is 4. The van der Waals surface area contributed by atoms with Crippen molar-refractivity contribution in [1.82, 2.24) is 4.90 Å². The van der Waals surface area contributed by atoms with E-state index in [1.54, 1.807) is 48.5 Å². The van der Waals surface area contributed by atoms with Gasteiger partial charge in [-0.15, -0.1) is 0 Å². The van der Waals surface area contributed by atoms with E-state index in [0.717, 1.165) is 13.1 Å². The molecule has 138 valence electrons. The fraction of sp³-hybridized carbons (Fsp3) is 0.381. The number of hydrogen-bond donors (Lipinski definition) is 1. The first kappa shape index (κ1) is 18.9. The van der Waals surface area contributed by atoms with Crippen molar-refractivity contribution in [3.8, 4) is 5.75 Å². The number of ether oxygens (including phenoxy) is 1. The van der Waals surface area contributed by atoms with E-state index in [4.69, 9.17) is 16.3 Å². The maximum absolute atomic E-state index is 12.4. The molecule has 0 bridgehead atoms. The van der Waals surface area contributed by atoms with Crippen LogP contribution in [0.5, 0.6) is 5.75 Å². The van der Waals surface area contributed by atoms with Crippen molar-refractivity contribution in [2.45, 2.75) is 25.4 Å². The Kier molecular flexibility index (Phi) is 6.67. The molecule has 1 aliphatic heterocycles. The first-order valence-corrected chi connectivity index (χ1v) is 9.43. The average molecular weight is 374 g/mol. The van der Waals surface area contributed by atoms with E-state index in [-0.39, 0.29) is 12.4 Å². The van der Waals surface area contributed by atoms with Gasteiger partial charge in [-0.25, -0.2) is 0 Å². The molecule has 1 heterocycles. The van der Waals surface area contributed by atoms with E-state index in [1.807, 2.05) is 0 Å². The van der Waals surface area contributed by atoms with Crippen molar-refractivity contribution in [3.63, 3.8) is 0 Å². The van der Waals surface area contributed by atoms with Crippen molar-refractivity contribution in [3.05, 3.63) is 64.7 Å². The zero-order valence-electron chi connectivity index (χ0n) is 14.7. The van der Waals surface area contributed by atoms with Crippen LogP contribution in [0.4, 0.5) is 0 Å². The van der Waals surface area contributed by atoms with Crippen LogP contribution in [0.3, 0.4) is 0 Å². The molecular weight excluding hydrogens is 350 g/mol. The van der Waals surface area contributed by atoms with E-state index in [1.165, 1.54) is 19.3 Å². The molecule has 0 amide bonds. The van der Waals surface area contributed by atoms with Crippen molar-refractivity contribution >= 4 is 17.4 Å². The number of aliphatic hydroxyl groups excluding tert-OH is 1. The number of piperidine rings is 1. The Morgan fingerprint density at radius 3 is 2.19 bits per heavy atom. The molecular formula is C21H24ClNO3. The number of aliphatic hydroxyl groups is 1. The summed E-state index contributed by atoms with van der Waals surface area (Å²) in [5.74, 6) is 0.591. The van der Waals surface area contributed by atoms with E-state index in [2.05, 4.69) is 4.90 Å². The summed E-state index contributed by atoms with van der Waals surface area (Å²) in [6.07, 6.45) is 3.18. The Bertz CT molecular complexity index is 709. The Labute approximate surface area is 159 Å². The topological polar surface area (TPSA) is 49.8 Å². The second-order valence-electron chi connectivity index (χ2n) is 6.69. The number of ketones is 1. The Morgan fingerprint density at radius 1 is 1.00 bits per heavy atom. The lowest BCUT2D eigenvalue weighted by Gasteiger charge is -2.28. The van der Waals surface area contributed by atoms with Crippen LogP contribution < -0.4 is 4.74 Å². The van der Waals surface area contributed by atoms with Crippen LogP contribution in [0, 0.1) is 0 Å². The molecule has 0 spiro atoms. The molecule has 2 aromatic rings. The molecule has 5 heteroatoms. The van der Waals surface area contributed by atoms with Crippen molar-refractivity contribution in [1.29, 1.82) is 0 Å². The Balaban J connectivity index is 1.50. The molecule has 1 fully saturated rings. The summed E-state index contributed by atoms with van der Waals surface area (Å²) in [6.45, 7) is 3.01. The molecule has 0 radical (unpaired) electrons. The molecule has 3 rings (SSSR count). The molecule has 1 aliphatic rings. The molecule has 1 unspecified atom stereocenters. The fourth-order valence-corrected chi connectivity index (χ4v) is 3.28. The maximum Gasteiger partial charge on any atom is 0.193 e. The Morgan fingerprint density at radius 2 is 1.58 bits per heavy atom. The van der Waals surface area contributed by atoms with E-state index >= 15 is 0 Å². The van der Waals surface area contributed by atoms with Crippen LogP contribution in [0.2, 0.25) is 5.02 Å². The number of carbonyl (C=O) groups excluding carboxylic acids is 1. The lowest BCUT2D eigenvalue weighted by molar-refractivity contribution is 0.0617. The van der Waals surface area contributed by atoms with Crippen LogP contribution in [0.15, 0.2) is 48.5 Å². The first-order valence-electron chi connectivity index (χ1n) is 9.05. The van der Waals surface area contributed by atoms with Crippen LogP contribution >= 0.6 is 11.6 Å². The molecule has 1 N–H and O–H groups in total. The van der Waals surface area contributed by atoms with Crippen molar-refractivity contribution in [2.24, 2.45) is 0 Å². The molecule has 0 aromatic heterocycles. The van der Waals surface area contributed by atoms with E-state index in [0.29, 0.717) is 28.4 Å². The number of nitrogens with zero attached hydrogens (tertiary/aromatic N) is 1. The first-order chi connectivity index (χ1) is 12.6. The van der Waals surface area contributed by atoms with Gasteiger partial charge in [0.1, 0.15) is 18.5 Å². The smallest absolute Gasteiger partial charge is 0.193 e. The summed E-state index contributed by atoms with van der Waals surface area (Å²) >= 11 is 5.85. The third-order valence-electron chi connectivity index (χ3n) is 4.58. The highest BCUT2D eigenvalue weighted by Gasteiger charge is 2.15. The van der Waals surface area contributed by atoms with Gasteiger partial charge in [-0.05, 0) is 74.5 Å². The third kappa shape index (κ3) is 5.31. The van der Waals surface area contributed by atoms with Gasteiger partial charge in [0.2, 0.25) is 0 Å². The molecule has 26 heavy (non-hydrogen) atoms. The minimum absolute atomic E-state index is 0.0571. The standard InChI is InChI=1S/C21H24ClNO3/c22-18-8-4-16(5-9-18)21(25)17-6-10-20(11-7-17)26-15-19(24)14-23-12-2-1-3-13-23/h4-11,19,24H,1-3,12-15H2. The van der Waals surface area contributed by atoms with Crippen LogP contribution in [0.1, 0.15) is 35.2 Å². The van der Waals surface area contributed by atoms with Crippen molar-refractivity contribution < 1.29 is 14.6 Å². The lowest BCUT2D eigenvalue weighted by atomic mass is 10.0.